The van der Waals surface area contributed by atoms with Crippen LogP contribution in [0.15, 0.2) is 72.8 Å². The van der Waals surface area contributed by atoms with Gasteiger partial charge in [0.15, 0.2) is 5.78 Å². The minimum atomic E-state index is -0.947. The molecule has 238 valence electrons. The summed E-state index contributed by atoms with van der Waals surface area (Å²) >= 11 is 0. The second-order valence-corrected chi connectivity index (χ2v) is 12.0. The second-order valence-electron chi connectivity index (χ2n) is 12.0. The number of aldehydes is 1. The van der Waals surface area contributed by atoms with E-state index in [9.17, 15) is 24.0 Å². The maximum atomic E-state index is 13.9. The Morgan fingerprint density at radius 3 is 2.42 bits per heavy atom. The van der Waals surface area contributed by atoms with Crippen molar-refractivity contribution in [1.29, 1.82) is 0 Å². The Labute approximate surface area is 264 Å². The molecule has 1 saturated heterocycles. The zero-order chi connectivity index (χ0) is 32.2. The Balaban J connectivity index is 1.48. The van der Waals surface area contributed by atoms with Crippen LogP contribution in [0.4, 0.5) is 4.79 Å². The molecule has 9 nitrogen and oxygen atoms in total. The largest absolute Gasteiger partial charge is 0.465 e. The van der Waals surface area contributed by atoms with Crippen molar-refractivity contribution >= 4 is 40.8 Å². The molecule has 0 unspecified atom stereocenters. The van der Waals surface area contributed by atoms with E-state index in [1.807, 2.05) is 86.6 Å². The molecule has 0 bridgehead atoms. The van der Waals surface area contributed by atoms with Crippen molar-refractivity contribution in [3.8, 4) is 0 Å². The number of alkyl carbamates (subject to hydrolysis) is 1. The van der Waals surface area contributed by atoms with Crippen LogP contribution in [0.5, 0.6) is 0 Å². The number of rotatable bonds is 16. The highest BCUT2D eigenvalue weighted by Gasteiger charge is 2.33. The number of nitrogens with one attached hydrogen (secondary N) is 2. The highest BCUT2D eigenvalue weighted by molar-refractivity contribution is 5.93. The van der Waals surface area contributed by atoms with Gasteiger partial charge < -0.3 is 24.9 Å². The number of hydrogen-bond acceptors (Lipinski definition) is 7. The third kappa shape index (κ3) is 9.99. The predicted molar refractivity (Wildman–Crippen MR) is 170 cm³/mol. The minimum Gasteiger partial charge on any atom is -0.465 e. The smallest absolute Gasteiger partial charge is 0.407 e. The molecular weight excluding hydrogens is 572 g/mol. The Bertz CT molecular complexity index is 1470. The molecule has 4 atom stereocenters. The number of benzene rings is 3. The van der Waals surface area contributed by atoms with Crippen molar-refractivity contribution in [2.24, 2.45) is 17.8 Å². The van der Waals surface area contributed by atoms with E-state index in [2.05, 4.69) is 10.6 Å². The zero-order valence-corrected chi connectivity index (χ0v) is 25.9. The summed E-state index contributed by atoms with van der Waals surface area (Å²) < 4.78 is 10.4. The van der Waals surface area contributed by atoms with E-state index in [1.54, 1.807) is 0 Å². The molecule has 1 aliphatic rings. The van der Waals surface area contributed by atoms with E-state index >= 15 is 0 Å². The van der Waals surface area contributed by atoms with Crippen molar-refractivity contribution in [2.75, 3.05) is 13.2 Å². The molecule has 4 rings (SSSR count). The van der Waals surface area contributed by atoms with Crippen LogP contribution in [0.1, 0.15) is 50.7 Å². The number of cyclic esters (lactones) is 1. The lowest BCUT2D eigenvalue weighted by atomic mass is 9.87. The molecule has 0 aliphatic carbocycles. The number of esters is 1. The van der Waals surface area contributed by atoms with Gasteiger partial charge in [-0.3, -0.25) is 14.4 Å². The Morgan fingerprint density at radius 2 is 1.71 bits per heavy atom. The summed E-state index contributed by atoms with van der Waals surface area (Å²) in [5.74, 6) is -2.22. The molecule has 2 amide bonds. The van der Waals surface area contributed by atoms with Crippen molar-refractivity contribution in [3.63, 3.8) is 0 Å². The van der Waals surface area contributed by atoms with Gasteiger partial charge in [0.05, 0.1) is 31.2 Å². The van der Waals surface area contributed by atoms with Crippen molar-refractivity contribution in [1.82, 2.24) is 10.6 Å². The molecule has 1 fully saturated rings. The fraction of sp³-hybridized carbons (Fsp3) is 0.417. The average molecular weight is 615 g/mol. The van der Waals surface area contributed by atoms with Gasteiger partial charge in [-0.1, -0.05) is 86.6 Å². The first-order valence-electron chi connectivity index (χ1n) is 15.6. The SMILES string of the molecule is CC(C)C[C@H](CC(=O)[C@H](Cc1cccc2ccccc12)NC(=O)OCCc1ccccc1)C(=O)N[C@H](C=O)C[C@@H]1CCOC1=O. The van der Waals surface area contributed by atoms with Gasteiger partial charge in [0.1, 0.15) is 6.29 Å². The highest BCUT2D eigenvalue weighted by Crippen LogP contribution is 2.24. The molecule has 3 aromatic carbocycles. The van der Waals surface area contributed by atoms with E-state index in [4.69, 9.17) is 9.47 Å². The molecule has 0 aromatic heterocycles. The maximum absolute atomic E-state index is 13.9. The highest BCUT2D eigenvalue weighted by atomic mass is 16.5. The van der Waals surface area contributed by atoms with Crippen LogP contribution in [-0.2, 0) is 41.5 Å². The lowest BCUT2D eigenvalue weighted by Crippen LogP contribution is -2.46. The molecule has 45 heavy (non-hydrogen) atoms. The number of carbonyl (C=O) groups excluding carboxylic acids is 5. The number of fused-ring (bicyclic) bond motifs is 1. The van der Waals surface area contributed by atoms with Gasteiger partial charge in [0.2, 0.25) is 5.91 Å². The number of amides is 2. The number of Topliss-reactive ketones (excluding diaryl/α,β-unsaturated/α-hetero) is 1. The van der Waals surface area contributed by atoms with Crippen molar-refractivity contribution in [3.05, 3.63) is 83.9 Å². The van der Waals surface area contributed by atoms with Gasteiger partial charge in [-0.2, -0.15) is 0 Å². The normalized spacial score (nSPS) is 16.4. The summed E-state index contributed by atoms with van der Waals surface area (Å²) in [6.07, 6.45) is 1.56. The van der Waals surface area contributed by atoms with Crippen LogP contribution < -0.4 is 10.6 Å². The van der Waals surface area contributed by atoms with Crippen LogP contribution in [0.2, 0.25) is 0 Å². The predicted octanol–water partition coefficient (Wildman–Crippen LogP) is 4.98. The summed E-state index contributed by atoms with van der Waals surface area (Å²) in [6, 6.07) is 21.5. The van der Waals surface area contributed by atoms with Crippen molar-refractivity contribution in [2.45, 2.75) is 64.5 Å². The first-order chi connectivity index (χ1) is 21.7. The fourth-order valence-corrected chi connectivity index (χ4v) is 5.77. The molecule has 0 radical (unpaired) electrons. The fourth-order valence-electron chi connectivity index (χ4n) is 5.77. The van der Waals surface area contributed by atoms with Gasteiger partial charge in [-0.05, 0) is 47.1 Å². The quantitative estimate of drug-likeness (QED) is 0.172. The maximum Gasteiger partial charge on any atom is 0.407 e. The van der Waals surface area contributed by atoms with Gasteiger partial charge in [-0.15, -0.1) is 0 Å². The van der Waals surface area contributed by atoms with E-state index in [-0.39, 0.29) is 43.5 Å². The van der Waals surface area contributed by atoms with Gasteiger partial charge in [-0.25, -0.2) is 4.79 Å². The van der Waals surface area contributed by atoms with Gasteiger partial charge in [0, 0.05) is 25.2 Å². The zero-order valence-electron chi connectivity index (χ0n) is 25.9. The first kappa shape index (κ1) is 33.4. The third-order valence-electron chi connectivity index (χ3n) is 8.10. The Morgan fingerprint density at radius 1 is 0.978 bits per heavy atom. The first-order valence-corrected chi connectivity index (χ1v) is 15.6. The molecule has 1 aliphatic heterocycles. The van der Waals surface area contributed by atoms with Gasteiger partial charge >= 0.3 is 12.1 Å². The van der Waals surface area contributed by atoms with Crippen LogP contribution in [0.25, 0.3) is 10.8 Å². The van der Waals surface area contributed by atoms with Crippen LogP contribution in [0, 0.1) is 17.8 Å². The van der Waals surface area contributed by atoms with E-state index < -0.39 is 35.9 Å². The topological polar surface area (TPSA) is 128 Å². The average Bonchev–Trinajstić information content (AvgIpc) is 3.44. The minimum absolute atomic E-state index is 0.0838. The molecule has 0 spiro atoms. The Kier molecular flexibility index (Phi) is 12.2. The monoisotopic (exact) mass is 614 g/mol. The number of ether oxygens (including phenoxy) is 2. The summed E-state index contributed by atoms with van der Waals surface area (Å²) in [4.78, 5) is 64.0. The Hall–Kier alpha value is -4.53. The molecule has 3 aromatic rings. The van der Waals surface area contributed by atoms with Crippen LogP contribution in [0.3, 0.4) is 0 Å². The molecule has 9 heteroatoms. The summed E-state index contributed by atoms with van der Waals surface area (Å²) in [5, 5.41) is 7.49. The van der Waals surface area contributed by atoms with Gasteiger partial charge in [0.25, 0.3) is 0 Å². The molecule has 1 heterocycles. The van der Waals surface area contributed by atoms with Crippen molar-refractivity contribution < 1.29 is 33.4 Å². The summed E-state index contributed by atoms with van der Waals surface area (Å²) in [7, 11) is 0. The summed E-state index contributed by atoms with van der Waals surface area (Å²) in [5.41, 5.74) is 1.90. The van der Waals surface area contributed by atoms with E-state index in [1.165, 1.54) is 0 Å². The summed E-state index contributed by atoms with van der Waals surface area (Å²) in [6.45, 7) is 4.34. The number of carbonyl (C=O) groups is 5. The lowest BCUT2D eigenvalue weighted by Gasteiger charge is -2.24. The van der Waals surface area contributed by atoms with Crippen LogP contribution >= 0.6 is 0 Å². The molecule has 0 saturated carbocycles. The second kappa shape index (κ2) is 16.5. The molecular formula is C36H42N2O7. The number of hydrogen-bond donors (Lipinski definition) is 2. The number of ketones is 1. The third-order valence-corrected chi connectivity index (χ3v) is 8.10. The van der Waals surface area contributed by atoms with E-state index in [0.29, 0.717) is 32.2 Å². The van der Waals surface area contributed by atoms with Crippen LogP contribution in [-0.4, -0.2) is 55.3 Å². The standard InChI is InChI=1S/C36H42N2O7/c1-24(2)19-29(34(41)37-30(23-39)20-28-16-18-44-35(28)42)22-33(40)32(21-27-13-8-12-26-11-6-7-14-31(26)27)38-36(43)45-17-15-25-9-4-3-5-10-25/h3-14,23-24,28-30,32H,15-22H2,1-2H3,(H,37,41)(H,38,43)/t28-,29+,30-,32-/m0/s1. The molecule has 2 N–H and O–H groups in total. The lowest BCUT2D eigenvalue weighted by molar-refractivity contribution is -0.142. The van der Waals surface area contributed by atoms with E-state index in [0.717, 1.165) is 21.9 Å².